The van der Waals surface area contributed by atoms with E-state index in [1.807, 2.05) is 31.3 Å². The molecule has 0 bridgehead atoms. The second-order valence-corrected chi connectivity index (χ2v) is 9.25. The van der Waals surface area contributed by atoms with Crippen molar-refractivity contribution in [2.45, 2.75) is 37.6 Å². The van der Waals surface area contributed by atoms with Crippen molar-refractivity contribution in [3.63, 3.8) is 0 Å². The minimum atomic E-state index is -3.48. The Balaban J connectivity index is 1.70. The van der Waals surface area contributed by atoms with Gasteiger partial charge in [0.05, 0.1) is 11.4 Å². The van der Waals surface area contributed by atoms with Gasteiger partial charge in [0.2, 0.25) is 10.0 Å². The van der Waals surface area contributed by atoms with Crippen molar-refractivity contribution in [3.05, 3.63) is 65.4 Å². The van der Waals surface area contributed by atoms with Gasteiger partial charge in [0.15, 0.2) is 0 Å². The van der Waals surface area contributed by atoms with Crippen LogP contribution in [-0.4, -0.2) is 23.8 Å². The molecule has 136 valence electrons. The number of rotatable bonds is 3. The Morgan fingerprint density at radius 2 is 1.69 bits per heavy atom. The van der Waals surface area contributed by atoms with Gasteiger partial charge >= 0.3 is 0 Å². The predicted molar refractivity (Wildman–Crippen MR) is 105 cm³/mol. The van der Waals surface area contributed by atoms with Crippen molar-refractivity contribution in [3.8, 4) is 0 Å². The third kappa shape index (κ3) is 2.66. The van der Waals surface area contributed by atoms with Crippen molar-refractivity contribution in [2.24, 2.45) is 7.05 Å². The van der Waals surface area contributed by atoms with Crippen LogP contribution in [0, 0.1) is 0 Å². The minimum Gasteiger partial charge on any atom is -0.346 e. The van der Waals surface area contributed by atoms with Crippen LogP contribution in [0.25, 0.3) is 10.9 Å². The number of aromatic nitrogens is 1. The number of benzene rings is 2. The van der Waals surface area contributed by atoms with Crippen LogP contribution in [0.2, 0.25) is 0 Å². The van der Waals surface area contributed by atoms with E-state index in [2.05, 4.69) is 30.5 Å². The summed E-state index contributed by atoms with van der Waals surface area (Å²) in [5, 5.41) is 1.24. The number of para-hydroxylation sites is 1. The second-order valence-electron chi connectivity index (χ2n) is 7.31. The van der Waals surface area contributed by atoms with E-state index in [4.69, 9.17) is 0 Å². The van der Waals surface area contributed by atoms with Crippen molar-refractivity contribution < 1.29 is 8.42 Å². The maximum Gasteiger partial charge on any atom is 0.243 e. The lowest BCUT2D eigenvalue weighted by Gasteiger charge is -2.27. The van der Waals surface area contributed by atoms with E-state index in [1.165, 1.54) is 10.9 Å². The summed E-state index contributed by atoms with van der Waals surface area (Å²) in [6, 6.07) is 15.6. The standard InChI is InChI=1S/C21H24N2O2S/c1-15(2)16-8-10-17(11-9-16)26(24,25)23-13-12-19-18-6-4-5-7-20(18)22(3)21(19)14-23/h4-11,15H,12-14H2,1-3H3. The van der Waals surface area contributed by atoms with Crippen LogP contribution in [0.3, 0.4) is 0 Å². The smallest absolute Gasteiger partial charge is 0.243 e. The topological polar surface area (TPSA) is 42.3 Å². The number of hydrogen-bond acceptors (Lipinski definition) is 2. The second kappa shape index (κ2) is 6.25. The van der Waals surface area contributed by atoms with E-state index in [-0.39, 0.29) is 0 Å². The molecule has 4 nitrogen and oxygen atoms in total. The molecule has 0 radical (unpaired) electrons. The molecular formula is C21H24N2O2S. The Labute approximate surface area is 155 Å². The lowest BCUT2D eigenvalue weighted by molar-refractivity contribution is 0.382. The van der Waals surface area contributed by atoms with Crippen LogP contribution in [0.15, 0.2) is 53.4 Å². The van der Waals surface area contributed by atoms with E-state index >= 15 is 0 Å². The molecule has 3 aromatic rings. The van der Waals surface area contributed by atoms with Gasteiger partial charge in [0.1, 0.15) is 0 Å². The van der Waals surface area contributed by atoms with Crippen LogP contribution >= 0.6 is 0 Å². The monoisotopic (exact) mass is 368 g/mol. The normalized spacial score (nSPS) is 15.5. The number of fused-ring (bicyclic) bond motifs is 3. The van der Waals surface area contributed by atoms with Gasteiger partial charge in [-0.05, 0) is 41.7 Å². The molecule has 0 saturated heterocycles. The molecule has 4 rings (SSSR count). The summed E-state index contributed by atoms with van der Waals surface area (Å²) in [4.78, 5) is 0.379. The van der Waals surface area contributed by atoms with Crippen molar-refractivity contribution >= 4 is 20.9 Å². The molecule has 2 aromatic carbocycles. The summed E-state index contributed by atoms with van der Waals surface area (Å²) in [6.45, 7) is 5.16. The van der Waals surface area contributed by atoms with E-state index in [9.17, 15) is 8.42 Å². The van der Waals surface area contributed by atoms with Crippen molar-refractivity contribution in [1.82, 2.24) is 8.87 Å². The molecule has 1 aliphatic rings. The Hall–Kier alpha value is -2.11. The van der Waals surface area contributed by atoms with Gasteiger partial charge in [-0.15, -0.1) is 0 Å². The number of sulfonamides is 1. The quantitative estimate of drug-likeness (QED) is 0.700. The molecule has 0 atom stereocenters. The maximum atomic E-state index is 13.1. The molecule has 0 fully saturated rings. The van der Waals surface area contributed by atoms with Gasteiger partial charge in [-0.3, -0.25) is 0 Å². The third-order valence-electron chi connectivity index (χ3n) is 5.47. The molecule has 0 aliphatic carbocycles. The fraction of sp³-hybridized carbons (Fsp3) is 0.333. The molecule has 0 unspecified atom stereocenters. The molecule has 1 aliphatic heterocycles. The number of hydrogen-bond donors (Lipinski definition) is 0. The zero-order chi connectivity index (χ0) is 18.5. The first-order chi connectivity index (χ1) is 12.4. The SMILES string of the molecule is CC(C)c1ccc(S(=O)(=O)N2CCc3c(n(C)c4ccccc34)C2)cc1. The first-order valence-electron chi connectivity index (χ1n) is 9.05. The van der Waals surface area contributed by atoms with Gasteiger partial charge in [-0.1, -0.05) is 44.2 Å². The van der Waals surface area contributed by atoms with Gasteiger partial charge in [0, 0.05) is 30.2 Å². The minimum absolute atomic E-state index is 0.379. The predicted octanol–water partition coefficient (Wildman–Crippen LogP) is 4.05. The lowest BCUT2D eigenvalue weighted by Crippen LogP contribution is -2.36. The van der Waals surface area contributed by atoms with Crippen molar-refractivity contribution in [2.75, 3.05) is 6.54 Å². The zero-order valence-electron chi connectivity index (χ0n) is 15.4. The summed E-state index contributed by atoms with van der Waals surface area (Å²) in [7, 11) is -1.46. The summed E-state index contributed by atoms with van der Waals surface area (Å²) < 4.78 is 30.0. The highest BCUT2D eigenvalue weighted by Gasteiger charge is 2.31. The third-order valence-corrected chi connectivity index (χ3v) is 7.33. The molecule has 5 heteroatoms. The van der Waals surface area contributed by atoms with Gasteiger partial charge in [0.25, 0.3) is 0 Å². The molecular weight excluding hydrogens is 344 g/mol. The molecule has 0 saturated carbocycles. The van der Waals surface area contributed by atoms with E-state index < -0.39 is 10.0 Å². The van der Waals surface area contributed by atoms with Gasteiger partial charge in [-0.2, -0.15) is 4.31 Å². The average Bonchev–Trinajstić information content (AvgIpc) is 2.94. The molecule has 26 heavy (non-hydrogen) atoms. The summed E-state index contributed by atoms with van der Waals surface area (Å²) in [6.07, 6.45) is 0.750. The average molecular weight is 369 g/mol. The van der Waals surface area contributed by atoms with E-state index in [1.54, 1.807) is 16.4 Å². The van der Waals surface area contributed by atoms with Gasteiger partial charge < -0.3 is 4.57 Å². The highest BCUT2D eigenvalue weighted by molar-refractivity contribution is 7.89. The van der Waals surface area contributed by atoms with Crippen molar-refractivity contribution in [1.29, 1.82) is 0 Å². The molecule has 0 N–H and O–H groups in total. The van der Waals surface area contributed by atoms with Crippen LogP contribution < -0.4 is 0 Å². The highest BCUT2D eigenvalue weighted by atomic mass is 32.2. The lowest BCUT2D eigenvalue weighted by atomic mass is 10.0. The highest BCUT2D eigenvalue weighted by Crippen LogP contribution is 2.32. The summed E-state index contributed by atoms with van der Waals surface area (Å²) >= 11 is 0. The Kier molecular flexibility index (Phi) is 4.16. The molecule has 1 aromatic heterocycles. The fourth-order valence-electron chi connectivity index (χ4n) is 3.87. The van der Waals surface area contributed by atoms with E-state index in [0.29, 0.717) is 23.9 Å². The fourth-order valence-corrected chi connectivity index (χ4v) is 5.27. The Morgan fingerprint density at radius 1 is 1.00 bits per heavy atom. The number of aryl methyl sites for hydroxylation is 1. The summed E-state index contributed by atoms with van der Waals surface area (Å²) in [5.74, 6) is 0.389. The van der Waals surface area contributed by atoms with Crippen LogP contribution in [0.1, 0.15) is 36.6 Å². The Bertz CT molecular complexity index is 1060. The first-order valence-corrected chi connectivity index (χ1v) is 10.5. The van der Waals surface area contributed by atoms with Crippen LogP contribution in [0.5, 0.6) is 0 Å². The van der Waals surface area contributed by atoms with E-state index in [0.717, 1.165) is 23.2 Å². The maximum absolute atomic E-state index is 13.1. The first kappa shape index (κ1) is 17.3. The van der Waals surface area contributed by atoms with Crippen LogP contribution in [-0.2, 0) is 30.0 Å². The Morgan fingerprint density at radius 3 is 2.38 bits per heavy atom. The van der Waals surface area contributed by atoms with Gasteiger partial charge in [-0.25, -0.2) is 8.42 Å². The molecule has 2 heterocycles. The zero-order valence-corrected chi connectivity index (χ0v) is 16.3. The molecule has 0 amide bonds. The van der Waals surface area contributed by atoms with Crippen LogP contribution in [0.4, 0.5) is 0 Å². The molecule has 0 spiro atoms. The number of nitrogens with zero attached hydrogens (tertiary/aromatic N) is 2. The largest absolute Gasteiger partial charge is 0.346 e. The summed E-state index contributed by atoms with van der Waals surface area (Å²) in [5.41, 5.74) is 4.70.